The molecule has 0 bridgehead atoms. The first-order chi connectivity index (χ1) is 12.2. The van der Waals surface area contributed by atoms with E-state index in [2.05, 4.69) is 10.6 Å². The SMILES string of the molecule is Cc1ccc(NC(=O)CN(C)CC(=O)Nc2ccc(Cl)c(Cl)c2)c(Cl)c1. The van der Waals surface area contributed by atoms with Crippen molar-refractivity contribution in [2.75, 3.05) is 30.8 Å². The Hall–Kier alpha value is -1.79. The van der Waals surface area contributed by atoms with Crippen LogP contribution in [-0.4, -0.2) is 36.9 Å². The van der Waals surface area contributed by atoms with Gasteiger partial charge in [0.05, 0.1) is 33.8 Å². The number of nitrogens with zero attached hydrogens (tertiary/aromatic N) is 1. The van der Waals surface area contributed by atoms with E-state index in [0.29, 0.717) is 26.4 Å². The molecule has 0 aliphatic carbocycles. The van der Waals surface area contributed by atoms with E-state index in [4.69, 9.17) is 34.8 Å². The smallest absolute Gasteiger partial charge is 0.238 e. The predicted molar refractivity (Wildman–Crippen MR) is 107 cm³/mol. The first-order valence-corrected chi connectivity index (χ1v) is 8.87. The van der Waals surface area contributed by atoms with E-state index in [1.807, 2.05) is 13.0 Å². The van der Waals surface area contributed by atoms with E-state index in [9.17, 15) is 9.59 Å². The van der Waals surface area contributed by atoms with Crippen LogP contribution in [0.15, 0.2) is 36.4 Å². The number of nitrogens with one attached hydrogen (secondary N) is 2. The third-order valence-corrected chi connectivity index (χ3v) is 4.48. The molecule has 0 heterocycles. The van der Waals surface area contributed by atoms with Crippen LogP contribution in [0.3, 0.4) is 0 Å². The van der Waals surface area contributed by atoms with Gasteiger partial charge in [-0.15, -0.1) is 0 Å². The summed E-state index contributed by atoms with van der Waals surface area (Å²) in [5.74, 6) is -0.535. The molecule has 0 radical (unpaired) electrons. The number of carbonyl (C=O) groups is 2. The molecule has 0 aliphatic heterocycles. The van der Waals surface area contributed by atoms with Crippen molar-refractivity contribution in [3.8, 4) is 0 Å². The Morgan fingerprint density at radius 3 is 2.15 bits per heavy atom. The summed E-state index contributed by atoms with van der Waals surface area (Å²) in [6, 6.07) is 10.2. The Bertz CT molecular complexity index is 827. The highest BCUT2D eigenvalue weighted by atomic mass is 35.5. The molecule has 0 saturated heterocycles. The first kappa shape index (κ1) is 20.5. The second kappa shape index (κ2) is 9.24. The molecule has 0 unspecified atom stereocenters. The number of benzene rings is 2. The number of likely N-dealkylation sites (N-methyl/N-ethyl adjacent to an activating group) is 1. The lowest BCUT2D eigenvalue weighted by Crippen LogP contribution is -2.36. The number of rotatable bonds is 6. The average Bonchev–Trinajstić information content (AvgIpc) is 2.53. The van der Waals surface area contributed by atoms with Crippen molar-refractivity contribution in [3.05, 3.63) is 57.0 Å². The first-order valence-electron chi connectivity index (χ1n) is 7.74. The zero-order valence-corrected chi connectivity index (χ0v) is 16.5. The van der Waals surface area contributed by atoms with Crippen molar-refractivity contribution in [2.45, 2.75) is 6.92 Å². The van der Waals surface area contributed by atoms with E-state index in [1.165, 1.54) is 0 Å². The quantitative estimate of drug-likeness (QED) is 0.733. The van der Waals surface area contributed by atoms with Crippen LogP contribution < -0.4 is 10.6 Å². The highest BCUT2D eigenvalue weighted by molar-refractivity contribution is 6.42. The van der Waals surface area contributed by atoms with Crippen molar-refractivity contribution in [1.82, 2.24) is 4.90 Å². The van der Waals surface area contributed by atoms with Crippen molar-refractivity contribution in [2.24, 2.45) is 0 Å². The largest absolute Gasteiger partial charge is 0.325 e. The third-order valence-electron chi connectivity index (χ3n) is 3.43. The summed E-state index contributed by atoms with van der Waals surface area (Å²) >= 11 is 17.8. The lowest BCUT2D eigenvalue weighted by molar-refractivity contribution is -0.119. The molecule has 2 aromatic rings. The topological polar surface area (TPSA) is 61.4 Å². The fourth-order valence-electron chi connectivity index (χ4n) is 2.23. The van der Waals surface area contributed by atoms with Gasteiger partial charge in [-0.2, -0.15) is 0 Å². The summed E-state index contributed by atoms with van der Waals surface area (Å²) in [6.45, 7) is 1.99. The summed E-state index contributed by atoms with van der Waals surface area (Å²) in [7, 11) is 1.67. The van der Waals surface area contributed by atoms with E-state index < -0.39 is 0 Å². The molecule has 0 fully saturated rings. The molecule has 0 aliphatic rings. The van der Waals surface area contributed by atoms with Gasteiger partial charge in [-0.3, -0.25) is 14.5 Å². The van der Waals surface area contributed by atoms with Gasteiger partial charge in [0.15, 0.2) is 0 Å². The molecule has 0 aromatic heterocycles. The molecule has 2 N–H and O–H groups in total. The number of aryl methyl sites for hydroxylation is 1. The molecule has 0 atom stereocenters. The number of halogens is 3. The Morgan fingerprint density at radius 2 is 1.54 bits per heavy atom. The lowest BCUT2D eigenvalue weighted by Gasteiger charge is -2.16. The molecule has 2 aromatic carbocycles. The van der Waals surface area contributed by atoms with Crippen molar-refractivity contribution < 1.29 is 9.59 Å². The average molecular weight is 415 g/mol. The van der Waals surface area contributed by atoms with Crippen molar-refractivity contribution >= 4 is 58.0 Å². The molecule has 0 saturated carbocycles. The molecular formula is C18H18Cl3N3O2. The second-order valence-corrected chi connectivity index (χ2v) is 7.10. The molecule has 26 heavy (non-hydrogen) atoms. The van der Waals surface area contributed by atoms with Crippen LogP contribution in [-0.2, 0) is 9.59 Å². The molecule has 0 spiro atoms. The van der Waals surface area contributed by atoms with Gasteiger partial charge in [0.1, 0.15) is 0 Å². The van der Waals surface area contributed by atoms with Gasteiger partial charge in [0.25, 0.3) is 0 Å². The molecular weight excluding hydrogens is 397 g/mol. The Morgan fingerprint density at radius 1 is 0.885 bits per heavy atom. The maximum atomic E-state index is 12.1. The van der Waals surface area contributed by atoms with Gasteiger partial charge in [-0.05, 0) is 49.9 Å². The molecule has 138 valence electrons. The molecule has 8 heteroatoms. The lowest BCUT2D eigenvalue weighted by atomic mass is 10.2. The standard InChI is InChI=1S/C18H18Cl3N3O2/c1-11-3-6-16(15(21)7-11)23-18(26)10-24(2)9-17(25)22-12-4-5-13(19)14(20)8-12/h3-8H,9-10H2,1-2H3,(H,22,25)(H,23,26). The normalized spacial score (nSPS) is 10.7. The fourth-order valence-corrected chi connectivity index (χ4v) is 2.81. The van der Waals surface area contributed by atoms with Gasteiger partial charge < -0.3 is 10.6 Å². The summed E-state index contributed by atoms with van der Waals surface area (Å²) in [5, 5.41) is 6.67. The number of anilines is 2. The van der Waals surface area contributed by atoms with Crippen LogP contribution in [0.25, 0.3) is 0 Å². The summed E-state index contributed by atoms with van der Waals surface area (Å²) in [6.07, 6.45) is 0. The highest BCUT2D eigenvalue weighted by Gasteiger charge is 2.13. The minimum atomic E-state index is -0.271. The van der Waals surface area contributed by atoms with Crippen LogP contribution in [0.2, 0.25) is 15.1 Å². The number of hydrogen-bond donors (Lipinski definition) is 2. The van der Waals surface area contributed by atoms with Gasteiger partial charge in [0, 0.05) is 5.69 Å². The predicted octanol–water partition coefficient (Wildman–Crippen LogP) is 4.46. The minimum absolute atomic E-state index is 0.0370. The van der Waals surface area contributed by atoms with Gasteiger partial charge >= 0.3 is 0 Å². The maximum Gasteiger partial charge on any atom is 0.238 e. The molecule has 2 rings (SSSR count). The summed E-state index contributed by atoms with van der Waals surface area (Å²) in [5.41, 5.74) is 2.08. The van der Waals surface area contributed by atoms with E-state index in [-0.39, 0.29) is 24.9 Å². The second-order valence-electron chi connectivity index (χ2n) is 5.88. The van der Waals surface area contributed by atoms with Crippen LogP contribution in [0, 0.1) is 6.92 Å². The van der Waals surface area contributed by atoms with Gasteiger partial charge in [-0.1, -0.05) is 40.9 Å². The van der Waals surface area contributed by atoms with E-state index in [0.717, 1.165) is 5.56 Å². The van der Waals surface area contributed by atoms with Crippen molar-refractivity contribution in [1.29, 1.82) is 0 Å². The van der Waals surface area contributed by atoms with E-state index in [1.54, 1.807) is 42.3 Å². The van der Waals surface area contributed by atoms with E-state index >= 15 is 0 Å². The van der Waals surface area contributed by atoms with Gasteiger partial charge in [0.2, 0.25) is 11.8 Å². The number of amides is 2. The van der Waals surface area contributed by atoms with Crippen LogP contribution in [0.4, 0.5) is 11.4 Å². The summed E-state index contributed by atoms with van der Waals surface area (Å²) in [4.78, 5) is 25.8. The Kier molecular flexibility index (Phi) is 7.29. The zero-order valence-electron chi connectivity index (χ0n) is 14.3. The minimum Gasteiger partial charge on any atom is -0.325 e. The highest BCUT2D eigenvalue weighted by Crippen LogP contribution is 2.25. The Labute approximate surface area is 167 Å². The van der Waals surface area contributed by atoms with Crippen LogP contribution in [0.1, 0.15) is 5.56 Å². The van der Waals surface area contributed by atoms with Crippen molar-refractivity contribution in [3.63, 3.8) is 0 Å². The maximum absolute atomic E-state index is 12.1. The summed E-state index contributed by atoms with van der Waals surface area (Å²) < 4.78 is 0. The van der Waals surface area contributed by atoms with Gasteiger partial charge in [-0.25, -0.2) is 0 Å². The Balaban J connectivity index is 1.84. The molecule has 2 amide bonds. The monoisotopic (exact) mass is 413 g/mol. The van der Waals surface area contributed by atoms with Crippen LogP contribution in [0.5, 0.6) is 0 Å². The zero-order chi connectivity index (χ0) is 19.3. The number of carbonyl (C=O) groups excluding carboxylic acids is 2. The third kappa shape index (κ3) is 6.18. The number of hydrogen-bond acceptors (Lipinski definition) is 3. The fraction of sp³-hybridized carbons (Fsp3) is 0.222. The molecule has 5 nitrogen and oxygen atoms in total. The van der Waals surface area contributed by atoms with Crippen LogP contribution >= 0.6 is 34.8 Å².